The number of aromatic amines is 1. The number of H-pyrrole nitrogens is 1. The van der Waals surface area contributed by atoms with Gasteiger partial charge >= 0.3 is 11.9 Å². The number of alkyl halides is 3. The third-order valence-corrected chi connectivity index (χ3v) is 4.98. The molecule has 0 aliphatic heterocycles. The summed E-state index contributed by atoms with van der Waals surface area (Å²) in [5.41, 5.74) is 0.644. The van der Waals surface area contributed by atoms with Crippen molar-refractivity contribution in [3.05, 3.63) is 63.4 Å². The number of rotatable bonds is 5. The van der Waals surface area contributed by atoms with Gasteiger partial charge in [0.25, 0.3) is 0 Å². The number of oxazole rings is 1. The van der Waals surface area contributed by atoms with Gasteiger partial charge in [-0.1, -0.05) is 11.6 Å². The Labute approximate surface area is 172 Å². The van der Waals surface area contributed by atoms with E-state index in [1.165, 1.54) is 15.5 Å². The van der Waals surface area contributed by atoms with E-state index in [1.807, 2.05) is 0 Å². The molecule has 0 bridgehead atoms. The van der Waals surface area contributed by atoms with Crippen LogP contribution in [0.25, 0.3) is 22.1 Å². The van der Waals surface area contributed by atoms with Crippen LogP contribution in [-0.4, -0.2) is 37.8 Å². The number of fused-ring (bicyclic) bond motifs is 2. The van der Waals surface area contributed by atoms with Crippen molar-refractivity contribution in [1.29, 1.82) is 0 Å². The van der Waals surface area contributed by atoms with Gasteiger partial charge in [0, 0.05) is 5.02 Å². The summed E-state index contributed by atoms with van der Waals surface area (Å²) in [6.07, 6.45) is -5.54. The molecule has 1 atom stereocenters. The smallest absolute Gasteiger partial charge is 0.408 e. The predicted octanol–water partition coefficient (Wildman–Crippen LogP) is 3.59. The zero-order valence-corrected chi connectivity index (χ0v) is 16.3. The van der Waals surface area contributed by atoms with E-state index in [1.54, 1.807) is 25.2 Å². The summed E-state index contributed by atoms with van der Waals surface area (Å²) in [5, 5.41) is 10.9. The Hall–Kier alpha value is -2.82. The van der Waals surface area contributed by atoms with Crippen LogP contribution in [0.5, 0.6) is 0 Å². The number of nitrogens with zero attached hydrogens (tertiary/aromatic N) is 3. The number of aromatic nitrogens is 3. The molecule has 30 heavy (non-hydrogen) atoms. The van der Waals surface area contributed by atoms with Gasteiger partial charge in [0.2, 0.25) is 0 Å². The molecule has 0 aliphatic carbocycles. The lowest BCUT2D eigenvalue weighted by atomic mass is 10.2. The van der Waals surface area contributed by atoms with Crippen molar-refractivity contribution in [1.82, 2.24) is 19.4 Å². The topological polar surface area (TPSA) is 87.3 Å². The first kappa shape index (κ1) is 20.5. The minimum atomic E-state index is -4.45. The molecule has 0 aliphatic rings. The highest BCUT2D eigenvalue weighted by atomic mass is 35.5. The maximum Gasteiger partial charge on any atom is 0.420 e. The monoisotopic (exact) mass is 440 g/mol. The number of imidazole rings is 1. The molecular formula is C19H16ClF3N4O3. The number of likely N-dealkylation sites (N-methyl/N-ethyl adjacent to an activating group) is 1. The number of benzene rings is 2. The van der Waals surface area contributed by atoms with Crippen LogP contribution >= 0.6 is 11.6 Å². The fourth-order valence-corrected chi connectivity index (χ4v) is 3.33. The lowest BCUT2D eigenvalue weighted by molar-refractivity contribution is -0.137. The zero-order chi connectivity index (χ0) is 21.6. The van der Waals surface area contributed by atoms with Crippen LogP contribution in [0, 0.1) is 0 Å². The number of halogens is 4. The largest absolute Gasteiger partial charge is 0.420 e. The third kappa shape index (κ3) is 3.93. The number of aliphatic hydroxyl groups excluding tert-OH is 1. The molecule has 158 valence electrons. The van der Waals surface area contributed by atoms with E-state index in [9.17, 15) is 23.1 Å². The fraction of sp³-hybridized carbons (Fsp3) is 0.263. The zero-order valence-electron chi connectivity index (χ0n) is 15.6. The van der Waals surface area contributed by atoms with Crippen molar-refractivity contribution < 1.29 is 22.7 Å². The Kier molecular flexibility index (Phi) is 5.08. The molecule has 0 radical (unpaired) electrons. The van der Waals surface area contributed by atoms with Gasteiger partial charge in [-0.25, -0.2) is 9.78 Å². The standard InChI is InChI=1S/C19H16ClF3N4O3/c1-26(8-16-24-12-4-2-10(19(21,22)23)6-13(12)25-16)17(28)9-27-14-7-11(20)3-5-15(14)30-18(27)29/h2-7,17,28H,8-9H2,1H3,(H,24,25). The van der Waals surface area contributed by atoms with Gasteiger partial charge in [-0.3, -0.25) is 9.47 Å². The molecule has 0 saturated carbocycles. The molecule has 2 aromatic heterocycles. The van der Waals surface area contributed by atoms with Crippen LogP contribution in [0.15, 0.2) is 45.6 Å². The molecule has 2 aromatic carbocycles. The molecule has 2 heterocycles. The van der Waals surface area contributed by atoms with Crippen molar-refractivity contribution in [2.75, 3.05) is 7.05 Å². The molecular weight excluding hydrogens is 425 g/mol. The molecule has 0 saturated heterocycles. The highest BCUT2D eigenvalue weighted by Crippen LogP contribution is 2.31. The minimum Gasteiger partial charge on any atom is -0.408 e. The number of hydrogen-bond acceptors (Lipinski definition) is 5. The van der Waals surface area contributed by atoms with E-state index in [2.05, 4.69) is 9.97 Å². The Balaban J connectivity index is 1.53. The second-order valence-electron chi connectivity index (χ2n) is 6.90. The molecule has 7 nitrogen and oxygen atoms in total. The lowest BCUT2D eigenvalue weighted by Gasteiger charge is -2.22. The Morgan fingerprint density at radius 1 is 1.30 bits per heavy atom. The van der Waals surface area contributed by atoms with Crippen LogP contribution < -0.4 is 5.76 Å². The summed E-state index contributed by atoms with van der Waals surface area (Å²) in [5.74, 6) is -0.263. The van der Waals surface area contributed by atoms with Crippen molar-refractivity contribution in [3.63, 3.8) is 0 Å². The SMILES string of the molecule is CN(Cc1nc2ccc(C(F)(F)F)cc2[nH]1)C(O)Cn1c(=O)oc2ccc(Cl)cc21. The second-order valence-corrected chi connectivity index (χ2v) is 7.34. The highest BCUT2D eigenvalue weighted by molar-refractivity contribution is 6.31. The van der Waals surface area contributed by atoms with Crippen molar-refractivity contribution in [3.8, 4) is 0 Å². The van der Waals surface area contributed by atoms with Crippen LogP contribution in [0.1, 0.15) is 11.4 Å². The molecule has 0 fully saturated rings. The van der Waals surface area contributed by atoms with Crippen LogP contribution in [0.3, 0.4) is 0 Å². The first-order valence-corrected chi connectivity index (χ1v) is 9.22. The highest BCUT2D eigenvalue weighted by Gasteiger charge is 2.30. The summed E-state index contributed by atoms with van der Waals surface area (Å²) in [6, 6.07) is 7.96. The minimum absolute atomic E-state index is 0.0961. The van der Waals surface area contributed by atoms with E-state index in [0.717, 1.165) is 12.1 Å². The summed E-state index contributed by atoms with van der Waals surface area (Å²) < 4.78 is 45.0. The third-order valence-electron chi connectivity index (χ3n) is 4.74. The van der Waals surface area contributed by atoms with Gasteiger partial charge in [0.05, 0.1) is 35.2 Å². The van der Waals surface area contributed by atoms with Gasteiger partial charge in [0.15, 0.2) is 5.58 Å². The normalized spacial score (nSPS) is 13.6. The van der Waals surface area contributed by atoms with Crippen molar-refractivity contribution in [2.24, 2.45) is 0 Å². The summed E-state index contributed by atoms with van der Waals surface area (Å²) in [4.78, 5) is 20.7. The molecule has 4 rings (SSSR count). The average Bonchev–Trinajstić information content (AvgIpc) is 3.20. The van der Waals surface area contributed by atoms with E-state index in [-0.39, 0.29) is 18.6 Å². The number of hydrogen-bond donors (Lipinski definition) is 2. The first-order chi connectivity index (χ1) is 14.1. The Bertz CT molecular complexity index is 1280. The Morgan fingerprint density at radius 2 is 2.07 bits per heavy atom. The van der Waals surface area contributed by atoms with Gasteiger partial charge in [-0.2, -0.15) is 13.2 Å². The predicted molar refractivity (Wildman–Crippen MR) is 104 cm³/mol. The maximum atomic E-state index is 12.9. The Morgan fingerprint density at radius 3 is 2.80 bits per heavy atom. The molecule has 1 unspecified atom stereocenters. The van der Waals surface area contributed by atoms with Crippen molar-refractivity contribution >= 4 is 33.7 Å². The first-order valence-electron chi connectivity index (χ1n) is 8.85. The molecule has 4 aromatic rings. The number of aliphatic hydroxyl groups is 1. The maximum absolute atomic E-state index is 12.9. The van der Waals surface area contributed by atoms with Gasteiger partial charge in [0.1, 0.15) is 12.1 Å². The summed E-state index contributed by atoms with van der Waals surface area (Å²) in [7, 11) is 1.60. The number of nitrogens with one attached hydrogen (secondary N) is 1. The summed E-state index contributed by atoms with van der Waals surface area (Å²) in [6.45, 7) is 0.0175. The van der Waals surface area contributed by atoms with Gasteiger partial charge in [-0.15, -0.1) is 0 Å². The van der Waals surface area contributed by atoms with Crippen LogP contribution in [0.4, 0.5) is 13.2 Å². The van der Waals surface area contributed by atoms with E-state index in [0.29, 0.717) is 27.5 Å². The van der Waals surface area contributed by atoms with E-state index in [4.69, 9.17) is 16.0 Å². The molecule has 11 heteroatoms. The van der Waals surface area contributed by atoms with Crippen LogP contribution in [-0.2, 0) is 19.3 Å². The van der Waals surface area contributed by atoms with Gasteiger partial charge < -0.3 is 14.5 Å². The fourth-order valence-electron chi connectivity index (χ4n) is 3.17. The van der Waals surface area contributed by atoms with Gasteiger partial charge in [-0.05, 0) is 43.4 Å². The average molecular weight is 441 g/mol. The second kappa shape index (κ2) is 7.46. The molecule has 2 N–H and O–H groups in total. The van der Waals surface area contributed by atoms with Crippen LogP contribution in [0.2, 0.25) is 5.02 Å². The van der Waals surface area contributed by atoms with Crippen molar-refractivity contribution in [2.45, 2.75) is 25.5 Å². The summed E-state index contributed by atoms with van der Waals surface area (Å²) >= 11 is 5.97. The van der Waals surface area contributed by atoms with E-state index >= 15 is 0 Å². The van der Waals surface area contributed by atoms with E-state index < -0.39 is 23.7 Å². The molecule has 0 spiro atoms. The molecule has 0 amide bonds. The quantitative estimate of drug-likeness (QED) is 0.463. The lowest BCUT2D eigenvalue weighted by Crippen LogP contribution is -2.37.